The maximum Gasteiger partial charge on any atom is 0.375 e. The molecule has 3 aromatic carbocycles. The number of imide groups is 2. The summed E-state index contributed by atoms with van der Waals surface area (Å²) in [6.07, 6.45) is 13.6. The largest absolute Gasteiger partial charge is 0.491 e. The molecular formula is C66H92N6O16. The molecule has 1 atom stereocenters. The summed E-state index contributed by atoms with van der Waals surface area (Å²) in [6, 6.07) is 19.7. The molecule has 3 aromatic rings. The lowest BCUT2D eigenvalue weighted by atomic mass is 10.0. The van der Waals surface area contributed by atoms with Crippen LogP contribution in [0, 0.1) is 0 Å². The summed E-state index contributed by atoms with van der Waals surface area (Å²) in [7, 11) is 0. The second-order valence-electron chi connectivity index (χ2n) is 21.4. The van der Waals surface area contributed by atoms with Crippen molar-refractivity contribution in [1.82, 2.24) is 10.2 Å². The molecule has 5 rings (SSSR count). The normalized spacial score (nSPS) is 12.7. The zero-order valence-electron chi connectivity index (χ0n) is 52.0. The van der Waals surface area contributed by atoms with Gasteiger partial charge in [-0.1, -0.05) is 54.8 Å². The number of hydrogen-bond acceptors (Lipinski definition) is 16. The third-order valence-electron chi connectivity index (χ3n) is 13.8. The Bertz CT molecular complexity index is 2680. The molecule has 482 valence electrons. The molecule has 22 heteroatoms. The first-order valence-corrected chi connectivity index (χ1v) is 31.0. The van der Waals surface area contributed by atoms with Crippen molar-refractivity contribution in [3.63, 3.8) is 0 Å². The highest BCUT2D eigenvalue weighted by Gasteiger charge is 2.31. The van der Waals surface area contributed by atoms with Crippen LogP contribution in [0.2, 0.25) is 0 Å². The molecule has 0 saturated carbocycles. The van der Waals surface area contributed by atoms with E-state index in [-0.39, 0.29) is 65.1 Å². The topological polar surface area (TPSA) is 300 Å². The third kappa shape index (κ3) is 33.0. The van der Waals surface area contributed by atoms with Crippen molar-refractivity contribution < 1.29 is 76.8 Å². The van der Waals surface area contributed by atoms with Crippen LogP contribution in [0.5, 0.6) is 5.75 Å². The minimum atomic E-state index is -0.716. The SMILES string of the molecule is CCCC(=O)CCCC(=O)CCCOCCOCCOCCOc1ccc(N2C(=O)N=NC2=O)cc1.CCC[C@H](O)CCCC(=O)CCCCc1ccc(C(=O)N2CCC2=O)cc1.CCNC(=O)CCCC(=O)Nc1ccc(CCC(=O)CC(C)=O)cc1. The van der Waals surface area contributed by atoms with E-state index in [0.29, 0.717) is 178 Å². The van der Waals surface area contributed by atoms with E-state index in [4.69, 9.17) is 18.9 Å². The minimum Gasteiger partial charge on any atom is -0.491 e. The van der Waals surface area contributed by atoms with Crippen molar-refractivity contribution in [2.75, 3.05) is 69.6 Å². The van der Waals surface area contributed by atoms with Gasteiger partial charge in [-0.15, -0.1) is 0 Å². The second kappa shape index (κ2) is 44.8. The molecule has 1 fully saturated rings. The standard InChI is InChI=1S/C25H35N3O8.C22H31NO4.C19H26N2O4/c1-2-5-21(29)6-3-7-22(30)8-4-13-33-14-15-34-16-17-35-18-19-36-23-11-9-20(10-12-23)28-24(31)26-27-25(28)32;1-2-6-19(24)9-5-10-20(25)8-4-3-7-17-11-13-18(14-12-17)22(27)23-16-15-21(23)26;1-3-20-18(24)5-4-6-19(25)21-16-10-7-15(8-11-16)9-12-17(23)13-14(2)22/h9-12H,2-8,13-19H2,1H3;11-14,19,24H,2-10,15-16H2,1H3;7-8,10-11H,3-6,9,12-13H2,1-2H3,(H,20,24)(H,21,25)/t;19-;/m.0./s1. The third-order valence-corrected chi connectivity index (χ3v) is 13.8. The zero-order valence-corrected chi connectivity index (χ0v) is 52.0. The fourth-order valence-electron chi connectivity index (χ4n) is 8.92. The predicted octanol–water partition coefficient (Wildman–Crippen LogP) is 10.6. The minimum absolute atomic E-state index is 0.00950. The van der Waals surface area contributed by atoms with Gasteiger partial charge in [0.15, 0.2) is 0 Å². The number of nitrogens with one attached hydrogen (secondary N) is 2. The molecule has 0 bridgehead atoms. The number of urea groups is 2. The van der Waals surface area contributed by atoms with Gasteiger partial charge in [0.25, 0.3) is 5.91 Å². The summed E-state index contributed by atoms with van der Waals surface area (Å²) in [5, 5.41) is 21.6. The number of carbonyl (C=O) groups excluding carboxylic acids is 11. The molecule has 2 heterocycles. The lowest BCUT2D eigenvalue weighted by Crippen LogP contribution is -2.47. The van der Waals surface area contributed by atoms with Gasteiger partial charge in [0.05, 0.1) is 51.2 Å². The van der Waals surface area contributed by atoms with E-state index in [1.54, 1.807) is 48.5 Å². The van der Waals surface area contributed by atoms with Gasteiger partial charge >= 0.3 is 12.1 Å². The molecule has 8 amide bonds. The molecular weight excluding hydrogens is 1130 g/mol. The quantitative estimate of drug-likeness (QED) is 0.0205. The number of anilines is 2. The Hall–Kier alpha value is -7.53. The van der Waals surface area contributed by atoms with Crippen molar-refractivity contribution >= 4 is 76.0 Å². The van der Waals surface area contributed by atoms with Gasteiger partial charge in [-0.3, -0.25) is 48.1 Å². The number of aryl methyl sites for hydroxylation is 2. The number of hydrogen-bond donors (Lipinski definition) is 3. The van der Waals surface area contributed by atoms with Gasteiger partial charge < -0.3 is 34.7 Å². The first kappa shape index (κ1) is 74.7. The van der Waals surface area contributed by atoms with Gasteiger partial charge in [-0.2, -0.15) is 0 Å². The van der Waals surface area contributed by atoms with E-state index in [2.05, 4.69) is 20.9 Å². The molecule has 0 unspecified atom stereocenters. The molecule has 2 aliphatic rings. The Morgan fingerprint density at radius 3 is 1.67 bits per heavy atom. The number of β-lactam (4-membered cyclic amide) rings is 1. The van der Waals surface area contributed by atoms with Crippen LogP contribution >= 0.6 is 0 Å². The number of carbonyl (C=O) groups is 11. The predicted molar refractivity (Wildman–Crippen MR) is 331 cm³/mol. The maximum absolute atomic E-state index is 12.1. The second-order valence-corrected chi connectivity index (χ2v) is 21.4. The summed E-state index contributed by atoms with van der Waals surface area (Å²) in [4.78, 5) is 129. The number of likely N-dealkylation sites (tertiary alicyclic amines) is 1. The first-order valence-electron chi connectivity index (χ1n) is 31.0. The number of ether oxygens (including phenoxy) is 4. The number of Topliss-reactive ketones (excluding diaryl/α,β-unsaturated/α-hetero) is 5. The number of aliphatic hydroxyl groups is 1. The van der Waals surface area contributed by atoms with E-state index >= 15 is 0 Å². The summed E-state index contributed by atoms with van der Waals surface area (Å²) in [5.74, 6) is 0.605. The van der Waals surface area contributed by atoms with Crippen molar-refractivity contribution in [3.05, 3.63) is 89.5 Å². The Morgan fingerprint density at radius 2 is 1.09 bits per heavy atom. The fraction of sp³-hybridized carbons (Fsp3) is 0.561. The fourth-order valence-corrected chi connectivity index (χ4v) is 8.92. The van der Waals surface area contributed by atoms with Gasteiger partial charge in [0.2, 0.25) is 17.7 Å². The summed E-state index contributed by atoms with van der Waals surface area (Å²) in [6.45, 7) is 11.4. The van der Waals surface area contributed by atoms with Crippen LogP contribution in [-0.4, -0.2) is 140 Å². The molecule has 0 radical (unpaired) electrons. The molecule has 88 heavy (non-hydrogen) atoms. The smallest absolute Gasteiger partial charge is 0.375 e. The molecule has 2 aliphatic heterocycles. The highest BCUT2D eigenvalue weighted by atomic mass is 16.6. The molecule has 3 N–H and O–H groups in total. The van der Waals surface area contributed by atoms with E-state index in [0.717, 1.165) is 61.0 Å². The van der Waals surface area contributed by atoms with Crippen molar-refractivity contribution in [2.45, 2.75) is 181 Å². The first-order chi connectivity index (χ1) is 42.4. The van der Waals surface area contributed by atoms with E-state index in [9.17, 15) is 57.8 Å². The number of nitrogens with zero attached hydrogens (tertiary/aromatic N) is 4. The summed E-state index contributed by atoms with van der Waals surface area (Å²) >= 11 is 0. The van der Waals surface area contributed by atoms with Crippen LogP contribution in [0.25, 0.3) is 0 Å². The number of azo groups is 1. The molecule has 1 saturated heterocycles. The molecule has 0 spiro atoms. The number of benzene rings is 3. The highest BCUT2D eigenvalue weighted by molar-refractivity contribution is 6.17. The zero-order chi connectivity index (χ0) is 64.3. The van der Waals surface area contributed by atoms with Crippen molar-refractivity contribution in [3.8, 4) is 5.75 Å². The van der Waals surface area contributed by atoms with Gasteiger partial charge in [0.1, 0.15) is 41.3 Å². The molecule has 0 aromatic heterocycles. The average molecular weight is 1230 g/mol. The van der Waals surface area contributed by atoms with Crippen LogP contribution in [-0.2, 0) is 65.4 Å². The Labute approximate surface area is 517 Å². The van der Waals surface area contributed by atoms with Gasteiger partial charge in [0, 0.05) is 95.2 Å². The van der Waals surface area contributed by atoms with E-state index in [1.165, 1.54) is 11.8 Å². The van der Waals surface area contributed by atoms with Gasteiger partial charge in [-0.25, -0.2) is 14.5 Å². The van der Waals surface area contributed by atoms with Gasteiger partial charge in [-0.05, 0) is 144 Å². The number of ketones is 5. The Balaban J connectivity index is 0.000000353. The van der Waals surface area contributed by atoms with Crippen LogP contribution < -0.4 is 20.3 Å². The maximum atomic E-state index is 12.1. The monoisotopic (exact) mass is 1220 g/mol. The number of amides is 8. The van der Waals surface area contributed by atoms with Crippen LogP contribution in [0.3, 0.4) is 0 Å². The number of unbranched alkanes of at least 4 members (excludes halogenated alkanes) is 1. The molecule has 0 aliphatic carbocycles. The average Bonchev–Trinajstić information content (AvgIpc) is 4.03. The summed E-state index contributed by atoms with van der Waals surface area (Å²) in [5.41, 5.74) is 3.72. The van der Waals surface area contributed by atoms with Crippen LogP contribution in [0.4, 0.5) is 21.0 Å². The Kier molecular flexibility index (Phi) is 38.1. The van der Waals surface area contributed by atoms with Crippen LogP contribution in [0.15, 0.2) is 83.0 Å². The summed E-state index contributed by atoms with van der Waals surface area (Å²) < 4.78 is 21.9. The van der Waals surface area contributed by atoms with Crippen molar-refractivity contribution in [1.29, 1.82) is 0 Å². The number of rotatable bonds is 44. The number of aliphatic hydroxyl groups excluding tert-OH is 1. The Morgan fingerprint density at radius 1 is 0.545 bits per heavy atom. The lowest BCUT2D eigenvalue weighted by molar-refractivity contribution is -0.136. The van der Waals surface area contributed by atoms with E-state index in [1.807, 2.05) is 45.0 Å². The molecule has 22 nitrogen and oxygen atoms in total. The van der Waals surface area contributed by atoms with Crippen molar-refractivity contribution in [2.24, 2.45) is 10.2 Å². The lowest BCUT2D eigenvalue weighted by Gasteiger charge is -2.28. The van der Waals surface area contributed by atoms with Crippen LogP contribution in [0.1, 0.15) is 184 Å². The highest BCUT2D eigenvalue weighted by Crippen LogP contribution is 2.24. The van der Waals surface area contributed by atoms with E-state index < -0.39 is 12.1 Å².